The molecule has 2 aromatic heterocycles. The van der Waals surface area contributed by atoms with Crippen molar-refractivity contribution in [1.29, 1.82) is 0 Å². The van der Waals surface area contributed by atoms with Crippen molar-refractivity contribution in [3.63, 3.8) is 0 Å². The summed E-state index contributed by atoms with van der Waals surface area (Å²) in [6, 6.07) is 6.75. The van der Waals surface area contributed by atoms with Gasteiger partial charge in [-0.1, -0.05) is 24.6 Å². The molecule has 19 heavy (non-hydrogen) atoms. The monoisotopic (exact) mass is 293 g/mol. The smallest absolute Gasteiger partial charge is 0.134 e. The van der Waals surface area contributed by atoms with Crippen molar-refractivity contribution in [3.05, 3.63) is 39.4 Å². The molecule has 2 aromatic rings. The summed E-state index contributed by atoms with van der Waals surface area (Å²) in [7, 11) is 0. The van der Waals surface area contributed by atoms with Crippen LogP contribution < -0.4 is 4.90 Å². The Morgan fingerprint density at radius 1 is 1.42 bits per heavy atom. The molecular weight excluding hydrogens is 278 g/mol. The molecule has 0 aromatic carbocycles. The van der Waals surface area contributed by atoms with Gasteiger partial charge in [-0.05, 0) is 24.3 Å². The third-order valence-electron chi connectivity index (χ3n) is 3.23. The van der Waals surface area contributed by atoms with E-state index in [9.17, 15) is 0 Å². The van der Waals surface area contributed by atoms with E-state index >= 15 is 0 Å². The first-order valence-corrected chi connectivity index (χ1v) is 7.84. The van der Waals surface area contributed by atoms with Gasteiger partial charge in [0, 0.05) is 23.4 Å². The Morgan fingerprint density at radius 3 is 2.89 bits per heavy atom. The molecule has 0 amide bonds. The maximum absolute atomic E-state index is 6.10. The van der Waals surface area contributed by atoms with E-state index in [0.717, 1.165) is 24.6 Å². The summed E-state index contributed by atoms with van der Waals surface area (Å²) >= 11 is 7.89. The standard InChI is InChI=1S/C14H16ClN3S/c1-2-13-16-12(15)8-14(17-13)18(10-5-6-10)9-11-4-3-7-19-11/h3-4,7-8,10H,2,5-6,9H2,1H3. The van der Waals surface area contributed by atoms with Crippen molar-refractivity contribution in [1.82, 2.24) is 9.97 Å². The van der Waals surface area contributed by atoms with Crippen molar-refractivity contribution in [3.8, 4) is 0 Å². The van der Waals surface area contributed by atoms with Gasteiger partial charge >= 0.3 is 0 Å². The largest absolute Gasteiger partial charge is 0.348 e. The first kappa shape index (κ1) is 12.9. The molecule has 0 radical (unpaired) electrons. The predicted octanol–water partition coefficient (Wildman–Crippen LogP) is 3.92. The second kappa shape index (κ2) is 5.47. The maximum Gasteiger partial charge on any atom is 0.134 e. The van der Waals surface area contributed by atoms with Crippen LogP contribution in [0.4, 0.5) is 5.82 Å². The van der Waals surface area contributed by atoms with Crippen molar-refractivity contribution >= 4 is 28.8 Å². The third-order valence-corrected chi connectivity index (χ3v) is 4.29. The SMILES string of the molecule is CCc1nc(Cl)cc(N(Cc2cccs2)C2CC2)n1. The van der Waals surface area contributed by atoms with E-state index in [1.165, 1.54) is 17.7 Å². The maximum atomic E-state index is 6.10. The van der Waals surface area contributed by atoms with E-state index in [1.807, 2.05) is 6.07 Å². The van der Waals surface area contributed by atoms with Crippen molar-refractivity contribution in [2.75, 3.05) is 4.90 Å². The first-order chi connectivity index (χ1) is 9.26. The van der Waals surface area contributed by atoms with Crippen LogP contribution in [0.1, 0.15) is 30.5 Å². The molecule has 0 aliphatic heterocycles. The molecule has 0 unspecified atom stereocenters. The number of thiophene rings is 1. The van der Waals surface area contributed by atoms with Gasteiger partial charge < -0.3 is 4.90 Å². The number of rotatable bonds is 5. The summed E-state index contributed by atoms with van der Waals surface area (Å²) in [5, 5.41) is 2.66. The molecule has 1 fully saturated rings. The number of nitrogens with zero attached hydrogens (tertiary/aromatic N) is 3. The number of aryl methyl sites for hydroxylation is 1. The number of halogens is 1. The lowest BCUT2D eigenvalue weighted by molar-refractivity contribution is 0.773. The number of hydrogen-bond acceptors (Lipinski definition) is 4. The first-order valence-electron chi connectivity index (χ1n) is 6.58. The van der Waals surface area contributed by atoms with E-state index in [1.54, 1.807) is 11.3 Å². The van der Waals surface area contributed by atoms with Gasteiger partial charge in [-0.15, -0.1) is 11.3 Å². The summed E-state index contributed by atoms with van der Waals surface area (Å²) in [6.07, 6.45) is 3.30. The highest BCUT2D eigenvalue weighted by Gasteiger charge is 2.30. The zero-order chi connectivity index (χ0) is 13.2. The number of hydrogen-bond donors (Lipinski definition) is 0. The molecule has 5 heteroatoms. The molecule has 3 nitrogen and oxygen atoms in total. The third kappa shape index (κ3) is 3.07. The minimum atomic E-state index is 0.540. The van der Waals surface area contributed by atoms with Gasteiger partial charge in [0.2, 0.25) is 0 Å². The average Bonchev–Trinajstić information content (AvgIpc) is 3.12. The fraction of sp³-hybridized carbons (Fsp3) is 0.429. The zero-order valence-corrected chi connectivity index (χ0v) is 12.4. The molecule has 1 aliphatic rings. The quantitative estimate of drug-likeness (QED) is 0.782. The minimum absolute atomic E-state index is 0.540. The van der Waals surface area contributed by atoms with Crippen LogP contribution in [0.5, 0.6) is 0 Å². The predicted molar refractivity (Wildman–Crippen MR) is 79.9 cm³/mol. The van der Waals surface area contributed by atoms with Gasteiger partial charge in [0.15, 0.2) is 0 Å². The summed E-state index contributed by atoms with van der Waals surface area (Å²) in [5.74, 6) is 1.78. The van der Waals surface area contributed by atoms with E-state index < -0.39 is 0 Å². The lowest BCUT2D eigenvalue weighted by Gasteiger charge is -2.23. The Bertz CT molecular complexity index is 552. The molecule has 100 valence electrons. The Morgan fingerprint density at radius 2 is 2.26 bits per heavy atom. The Balaban J connectivity index is 1.89. The van der Waals surface area contributed by atoms with Gasteiger partial charge in [-0.2, -0.15) is 0 Å². The molecule has 0 bridgehead atoms. The summed E-state index contributed by atoms with van der Waals surface area (Å²) in [5.41, 5.74) is 0. The highest BCUT2D eigenvalue weighted by Crippen LogP contribution is 2.33. The van der Waals surface area contributed by atoms with E-state index in [2.05, 4.69) is 39.3 Å². The topological polar surface area (TPSA) is 29.0 Å². The molecular formula is C14H16ClN3S. The second-order valence-corrected chi connectivity index (χ2v) is 6.18. The molecule has 3 rings (SSSR count). The summed E-state index contributed by atoms with van der Waals surface area (Å²) in [4.78, 5) is 12.6. The molecule has 1 saturated carbocycles. The lowest BCUT2D eigenvalue weighted by atomic mass is 10.3. The van der Waals surface area contributed by atoms with Crippen molar-refractivity contribution < 1.29 is 0 Å². The van der Waals surface area contributed by atoms with E-state index in [4.69, 9.17) is 11.6 Å². The van der Waals surface area contributed by atoms with E-state index in [-0.39, 0.29) is 0 Å². The van der Waals surface area contributed by atoms with Crippen LogP contribution in [0.15, 0.2) is 23.6 Å². The van der Waals surface area contributed by atoms with E-state index in [0.29, 0.717) is 11.2 Å². The Labute approximate surface area is 122 Å². The molecule has 2 heterocycles. The fourth-order valence-corrected chi connectivity index (χ4v) is 3.01. The van der Waals surface area contributed by atoms with Gasteiger partial charge in [-0.3, -0.25) is 0 Å². The summed E-state index contributed by atoms with van der Waals surface area (Å²) in [6.45, 7) is 2.97. The summed E-state index contributed by atoms with van der Waals surface area (Å²) < 4.78 is 0. The highest BCUT2D eigenvalue weighted by molar-refractivity contribution is 7.09. The van der Waals surface area contributed by atoms with Gasteiger partial charge in [-0.25, -0.2) is 9.97 Å². The molecule has 0 atom stereocenters. The van der Waals surface area contributed by atoms with Crippen LogP contribution in [0.2, 0.25) is 5.15 Å². The Hall–Kier alpha value is -1.13. The van der Waals surface area contributed by atoms with Crippen LogP contribution in [-0.4, -0.2) is 16.0 Å². The average molecular weight is 294 g/mol. The van der Waals surface area contributed by atoms with Crippen LogP contribution in [0.25, 0.3) is 0 Å². The Kier molecular flexibility index (Phi) is 3.71. The zero-order valence-electron chi connectivity index (χ0n) is 10.8. The molecule has 0 N–H and O–H groups in total. The molecule has 1 aliphatic carbocycles. The van der Waals surface area contributed by atoms with Gasteiger partial charge in [0.25, 0.3) is 0 Å². The number of aromatic nitrogens is 2. The van der Waals surface area contributed by atoms with Crippen LogP contribution in [0.3, 0.4) is 0 Å². The van der Waals surface area contributed by atoms with Crippen molar-refractivity contribution in [2.24, 2.45) is 0 Å². The minimum Gasteiger partial charge on any atom is -0.348 e. The van der Waals surface area contributed by atoms with Crippen LogP contribution >= 0.6 is 22.9 Å². The second-order valence-electron chi connectivity index (χ2n) is 4.76. The molecule has 0 saturated heterocycles. The van der Waals surface area contributed by atoms with Gasteiger partial charge in [0.05, 0.1) is 6.54 Å². The molecule has 0 spiro atoms. The lowest BCUT2D eigenvalue weighted by Crippen LogP contribution is -2.26. The number of anilines is 1. The van der Waals surface area contributed by atoms with Crippen LogP contribution in [0, 0.1) is 0 Å². The normalized spacial score (nSPS) is 14.6. The fourth-order valence-electron chi connectivity index (χ4n) is 2.11. The van der Waals surface area contributed by atoms with Crippen LogP contribution in [-0.2, 0) is 13.0 Å². The highest BCUT2D eigenvalue weighted by atomic mass is 35.5. The van der Waals surface area contributed by atoms with Gasteiger partial charge in [0.1, 0.15) is 16.8 Å². The van der Waals surface area contributed by atoms with Crippen molar-refractivity contribution in [2.45, 2.75) is 38.8 Å².